The summed E-state index contributed by atoms with van der Waals surface area (Å²) in [5.74, 6) is 2.62. The Balaban J connectivity index is 1.49. The number of hydrogen-bond acceptors (Lipinski definition) is 4. The van der Waals surface area contributed by atoms with Crippen LogP contribution in [0.25, 0.3) is 0 Å². The molecule has 2 aromatic carbocycles. The van der Waals surface area contributed by atoms with E-state index in [1.807, 2.05) is 24.3 Å². The van der Waals surface area contributed by atoms with Crippen molar-refractivity contribution in [3.8, 4) is 17.2 Å². The van der Waals surface area contributed by atoms with Gasteiger partial charge in [0, 0.05) is 12.0 Å². The van der Waals surface area contributed by atoms with Crippen LogP contribution in [0, 0.1) is 0 Å². The summed E-state index contributed by atoms with van der Waals surface area (Å²) >= 11 is 0. The summed E-state index contributed by atoms with van der Waals surface area (Å²) in [5.41, 5.74) is 3.59. The number of fused-ring (bicyclic) bond motifs is 3. The topological polar surface area (TPSA) is 48.0 Å². The molecule has 0 aromatic heterocycles. The number of nitrogens with zero attached hydrogens (tertiary/aromatic N) is 1. The second-order valence-corrected chi connectivity index (χ2v) is 8.80. The minimum atomic E-state index is 0.0140. The predicted molar refractivity (Wildman–Crippen MR) is 114 cm³/mol. The van der Waals surface area contributed by atoms with E-state index in [9.17, 15) is 4.79 Å². The van der Waals surface area contributed by atoms with E-state index < -0.39 is 0 Å². The molecule has 158 valence electrons. The Morgan fingerprint density at radius 1 is 1.13 bits per heavy atom. The Kier molecular flexibility index (Phi) is 4.84. The average molecular weight is 408 g/mol. The molecule has 0 saturated heterocycles. The number of ether oxygens (including phenoxy) is 3. The van der Waals surface area contributed by atoms with Gasteiger partial charge < -0.3 is 19.1 Å². The van der Waals surface area contributed by atoms with Crippen LogP contribution in [0.3, 0.4) is 0 Å². The molecule has 5 nitrogen and oxygen atoms in total. The lowest BCUT2D eigenvalue weighted by Gasteiger charge is -2.46. The van der Waals surface area contributed by atoms with Gasteiger partial charge in [-0.3, -0.25) is 4.79 Å². The number of amides is 1. The molecule has 0 N–H and O–H groups in total. The van der Waals surface area contributed by atoms with E-state index in [4.69, 9.17) is 14.2 Å². The number of hydrogen-bond donors (Lipinski definition) is 0. The molecule has 1 spiro atoms. The zero-order chi connectivity index (χ0) is 20.7. The fourth-order valence-electron chi connectivity index (χ4n) is 5.47. The van der Waals surface area contributed by atoms with Gasteiger partial charge in [0.2, 0.25) is 5.91 Å². The SMILES string of the molecule is COc1cccc(CC(=O)N2CC3(CCCC3)c3cc4c(cc3C2C)OCCO4)c1. The first-order valence-electron chi connectivity index (χ1n) is 11.0. The lowest BCUT2D eigenvalue weighted by atomic mass is 9.71. The number of carbonyl (C=O) groups is 1. The molecule has 3 aliphatic rings. The normalized spacial score (nSPS) is 21.4. The van der Waals surface area contributed by atoms with Gasteiger partial charge >= 0.3 is 0 Å². The van der Waals surface area contributed by atoms with E-state index in [0.29, 0.717) is 19.6 Å². The Labute approximate surface area is 177 Å². The molecule has 0 bridgehead atoms. The summed E-state index contributed by atoms with van der Waals surface area (Å²) in [6.45, 7) is 4.09. The highest BCUT2D eigenvalue weighted by atomic mass is 16.6. The van der Waals surface area contributed by atoms with Crippen LogP contribution in [0.4, 0.5) is 0 Å². The number of methoxy groups -OCH3 is 1. The molecule has 2 heterocycles. The van der Waals surface area contributed by atoms with Crippen molar-refractivity contribution in [2.75, 3.05) is 26.9 Å². The molecule has 5 rings (SSSR count). The van der Waals surface area contributed by atoms with Gasteiger partial charge in [-0.2, -0.15) is 0 Å². The lowest BCUT2D eigenvalue weighted by molar-refractivity contribution is -0.134. The Morgan fingerprint density at radius 2 is 1.87 bits per heavy atom. The van der Waals surface area contributed by atoms with Crippen molar-refractivity contribution in [2.24, 2.45) is 0 Å². The molecule has 1 saturated carbocycles. The highest BCUT2D eigenvalue weighted by Crippen LogP contribution is 2.52. The van der Waals surface area contributed by atoms with Gasteiger partial charge in [-0.25, -0.2) is 0 Å². The number of benzene rings is 2. The number of carbonyl (C=O) groups excluding carboxylic acids is 1. The van der Waals surface area contributed by atoms with E-state index in [1.54, 1.807) is 7.11 Å². The lowest BCUT2D eigenvalue weighted by Crippen LogP contribution is -2.49. The molecule has 1 fully saturated rings. The van der Waals surface area contributed by atoms with Crippen molar-refractivity contribution in [1.82, 2.24) is 4.90 Å². The molecule has 0 radical (unpaired) electrons. The largest absolute Gasteiger partial charge is 0.497 e. The summed E-state index contributed by atoms with van der Waals surface area (Å²) < 4.78 is 17.1. The van der Waals surface area contributed by atoms with Crippen LogP contribution in [-0.2, 0) is 16.6 Å². The van der Waals surface area contributed by atoms with Crippen molar-refractivity contribution in [1.29, 1.82) is 0 Å². The van der Waals surface area contributed by atoms with E-state index in [2.05, 4.69) is 24.0 Å². The molecule has 30 heavy (non-hydrogen) atoms. The third-order valence-electron chi connectivity index (χ3n) is 7.05. The second-order valence-electron chi connectivity index (χ2n) is 8.80. The highest BCUT2D eigenvalue weighted by molar-refractivity contribution is 5.80. The van der Waals surface area contributed by atoms with Gasteiger partial charge in [-0.1, -0.05) is 25.0 Å². The fourth-order valence-corrected chi connectivity index (χ4v) is 5.47. The molecule has 5 heteroatoms. The van der Waals surface area contributed by atoms with E-state index in [0.717, 1.165) is 42.2 Å². The van der Waals surface area contributed by atoms with Crippen LogP contribution in [0.2, 0.25) is 0 Å². The van der Waals surface area contributed by atoms with Crippen molar-refractivity contribution in [2.45, 2.75) is 50.5 Å². The van der Waals surface area contributed by atoms with Gasteiger partial charge in [-0.15, -0.1) is 0 Å². The van der Waals surface area contributed by atoms with E-state index in [-0.39, 0.29) is 17.4 Å². The first-order chi connectivity index (χ1) is 14.6. The van der Waals surface area contributed by atoms with Crippen molar-refractivity contribution >= 4 is 5.91 Å². The quantitative estimate of drug-likeness (QED) is 0.756. The predicted octanol–water partition coefficient (Wildman–Crippen LogP) is 4.42. The Hall–Kier alpha value is -2.69. The first kappa shape index (κ1) is 19.3. The Bertz CT molecular complexity index is 964. The van der Waals surface area contributed by atoms with Crippen molar-refractivity contribution < 1.29 is 19.0 Å². The van der Waals surface area contributed by atoms with Crippen LogP contribution in [0.15, 0.2) is 36.4 Å². The second kappa shape index (κ2) is 7.53. The average Bonchev–Trinajstić information content (AvgIpc) is 3.25. The molecule has 2 aromatic rings. The van der Waals surface area contributed by atoms with Crippen LogP contribution in [0.5, 0.6) is 17.2 Å². The van der Waals surface area contributed by atoms with Gasteiger partial charge in [0.15, 0.2) is 11.5 Å². The van der Waals surface area contributed by atoms with E-state index >= 15 is 0 Å². The van der Waals surface area contributed by atoms with Crippen LogP contribution < -0.4 is 14.2 Å². The Morgan fingerprint density at radius 3 is 2.60 bits per heavy atom. The standard InChI is InChI=1S/C25H29NO4/c1-17-20-14-22-23(30-11-10-29-22)15-21(20)25(8-3-4-9-25)16-26(17)24(27)13-18-6-5-7-19(12-18)28-2/h5-7,12,14-15,17H,3-4,8-11,13,16H2,1-2H3. The van der Waals surface area contributed by atoms with Crippen molar-refractivity contribution in [3.63, 3.8) is 0 Å². The van der Waals surface area contributed by atoms with Gasteiger partial charge in [0.25, 0.3) is 0 Å². The minimum absolute atomic E-state index is 0.0140. The molecule has 1 atom stereocenters. The summed E-state index contributed by atoms with van der Waals surface area (Å²) in [6, 6.07) is 12.1. The molecule has 1 unspecified atom stereocenters. The van der Waals surface area contributed by atoms with Crippen molar-refractivity contribution in [3.05, 3.63) is 53.1 Å². The molecule has 2 aliphatic heterocycles. The maximum absolute atomic E-state index is 13.4. The summed E-state index contributed by atoms with van der Waals surface area (Å²) in [4.78, 5) is 15.5. The third-order valence-corrected chi connectivity index (χ3v) is 7.05. The minimum Gasteiger partial charge on any atom is -0.497 e. The first-order valence-corrected chi connectivity index (χ1v) is 11.0. The highest BCUT2D eigenvalue weighted by Gasteiger charge is 2.46. The third kappa shape index (κ3) is 3.21. The van der Waals surface area contributed by atoms with Gasteiger partial charge in [0.1, 0.15) is 19.0 Å². The molecular weight excluding hydrogens is 378 g/mol. The van der Waals surface area contributed by atoms with Crippen LogP contribution >= 0.6 is 0 Å². The zero-order valence-corrected chi connectivity index (χ0v) is 17.8. The fraction of sp³-hybridized carbons (Fsp3) is 0.480. The summed E-state index contributed by atoms with van der Waals surface area (Å²) in [6.07, 6.45) is 5.04. The smallest absolute Gasteiger partial charge is 0.227 e. The van der Waals surface area contributed by atoms with Gasteiger partial charge in [-0.05, 0) is 60.7 Å². The molecule has 1 amide bonds. The zero-order valence-electron chi connectivity index (χ0n) is 17.8. The molecular formula is C25H29NO4. The number of rotatable bonds is 3. The monoisotopic (exact) mass is 407 g/mol. The maximum atomic E-state index is 13.4. The summed E-state index contributed by atoms with van der Waals surface area (Å²) in [7, 11) is 1.65. The van der Waals surface area contributed by atoms with Crippen LogP contribution in [-0.4, -0.2) is 37.7 Å². The van der Waals surface area contributed by atoms with E-state index in [1.165, 1.54) is 24.0 Å². The molecule has 1 aliphatic carbocycles. The van der Waals surface area contributed by atoms with Gasteiger partial charge in [0.05, 0.1) is 19.6 Å². The summed E-state index contributed by atoms with van der Waals surface area (Å²) in [5, 5.41) is 0. The maximum Gasteiger partial charge on any atom is 0.227 e. The van der Waals surface area contributed by atoms with Crippen LogP contribution in [0.1, 0.15) is 55.3 Å².